The van der Waals surface area contributed by atoms with E-state index < -0.39 is 254 Å². The number of halogens is 3. The lowest BCUT2D eigenvalue weighted by molar-refractivity contribution is -0.148. The summed E-state index contributed by atoms with van der Waals surface area (Å²) in [7, 11) is -9.56. The number of carbonyl (C=O) groups is 15. The van der Waals surface area contributed by atoms with Crippen LogP contribution in [0.1, 0.15) is 222 Å². The highest BCUT2D eigenvalue weighted by atomic mass is 32.2. The molecule has 41 nitrogen and oxygen atoms in total. The van der Waals surface area contributed by atoms with Crippen LogP contribution in [-0.4, -0.2) is 310 Å². The summed E-state index contributed by atoms with van der Waals surface area (Å²) < 4.78 is 124. The van der Waals surface area contributed by atoms with Gasteiger partial charge in [-0.3, -0.25) is 57.5 Å². The number of likely N-dealkylation sites (N-methyl/N-ethyl adjacent to an activating group) is 1. The van der Waals surface area contributed by atoms with E-state index >= 15 is 0 Å². The van der Waals surface area contributed by atoms with Crippen molar-refractivity contribution in [2.24, 2.45) is 95.9 Å². The number of carbonyl (C=O) groups excluding carboxylic acids is 15. The predicted molar refractivity (Wildman–Crippen MR) is 549 cm³/mol. The van der Waals surface area contributed by atoms with Gasteiger partial charge in [0.2, 0.25) is 62.8 Å². The van der Waals surface area contributed by atoms with Gasteiger partial charge in [-0.15, -0.1) is 36.8 Å². The molecule has 14 N–H and O–H groups in total. The summed E-state index contributed by atoms with van der Waals surface area (Å²) in [5, 5.41) is 31.4. The second kappa shape index (κ2) is 45.6. The maximum Gasteiger partial charge on any atom is 0.389 e. The minimum Gasteiger partial charge on any atom is -0.363 e. The predicted octanol–water partition coefficient (Wildman–Crippen LogP) is 4.90. The second-order valence-electron chi connectivity index (χ2n) is 49.2. The van der Waals surface area contributed by atoms with Gasteiger partial charge in [-0.2, -0.15) is 47.2 Å². The molecule has 1 aromatic heterocycles. The van der Waals surface area contributed by atoms with Gasteiger partial charge in [-0.05, 0) is 121 Å². The van der Waals surface area contributed by atoms with Gasteiger partial charge < -0.3 is 78.9 Å². The highest BCUT2D eigenvalue weighted by Crippen LogP contribution is 2.67. The maximum atomic E-state index is 14.4. The number of hydrogen-bond donors (Lipinski definition) is 13. The molecule has 15 amide bonds. The fourth-order valence-corrected chi connectivity index (χ4v) is 26.5. The quantitative estimate of drug-likeness (QED) is 0.0239. The van der Waals surface area contributed by atoms with Crippen LogP contribution >= 0.6 is 11.3 Å². The van der Waals surface area contributed by atoms with Crippen molar-refractivity contribution in [1.29, 1.82) is 0 Å². The molecule has 4 aliphatic carbocycles. The summed E-state index contributed by atoms with van der Waals surface area (Å²) in [4.78, 5) is 206. The molecular formula is C100H159F3N20O21S4. The van der Waals surface area contributed by atoms with E-state index in [1.807, 2.05) is 125 Å². The number of nitrogens with two attached hydrogens (primary N) is 1. The molecule has 18 atom stereocenters. The van der Waals surface area contributed by atoms with Crippen LogP contribution in [0.25, 0.3) is 0 Å². The van der Waals surface area contributed by atoms with Crippen LogP contribution in [0.15, 0.2) is 41.7 Å². The fourth-order valence-electron chi connectivity index (χ4n) is 21.0. The lowest BCUT2D eigenvalue weighted by Gasteiger charge is -2.39. The summed E-state index contributed by atoms with van der Waals surface area (Å²) in [6, 6.07) is -12.6. The average Bonchev–Trinajstić information content (AvgIpc) is 1.53. The van der Waals surface area contributed by atoms with Crippen LogP contribution in [0.2, 0.25) is 0 Å². The average molecular weight is 2160 g/mol. The number of sulfonamides is 1. The summed E-state index contributed by atoms with van der Waals surface area (Å²) >= 11 is 1.38. The van der Waals surface area contributed by atoms with Gasteiger partial charge in [-0.25, -0.2) is 27.5 Å². The number of hydrogen-bond acceptors (Lipinski definition) is 22. The molecule has 4 saturated carbocycles. The van der Waals surface area contributed by atoms with Crippen molar-refractivity contribution in [1.82, 2.24) is 95.1 Å². The topological polar surface area (TPSA) is 552 Å². The molecule has 0 bridgehead atoms. The molecule has 830 valence electrons. The Morgan fingerprint density at radius 2 is 0.872 bits per heavy atom. The molecule has 11 rings (SSSR count). The molecule has 0 aromatic carbocycles. The Bertz CT molecular complexity index is 5620. The summed E-state index contributed by atoms with van der Waals surface area (Å²) in [6.45, 7) is 53.8. The number of piperidine rings is 3. The normalized spacial score (nSPS) is 25.2. The molecule has 0 radical (unpaired) electrons. The largest absolute Gasteiger partial charge is 0.389 e. The molecule has 5 saturated heterocycles. The van der Waals surface area contributed by atoms with E-state index in [1.54, 1.807) is 53.0 Å². The maximum absolute atomic E-state index is 14.4. The minimum absolute atomic E-state index is 0.00955. The van der Waals surface area contributed by atoms with Crippen molar-refractivity contribution >= 4 is 130 Å². The molecule has 9 fully saturated rings. The van der Waals surface area contributed by atoms with E-state index in [-0.39, 0.29) is 131 Å². The van der Waals surface area contributed by atoms with Crippen LogP contribution < -0.4 is 68.9 Å². The lowest BCUT2D eigenvalue weighted by atomic mass is 9.80. The van der Waals surface area contributed by atoms with Gasteiger partial charge in [0.15, 0.2) is 0 Å². The first-order chi connectivity index (χ1) is 67.8. The zero-order valence-corrected chi connectivity index (χ0v) is 93.4. The second-order valence-corrected chi connectivity index (χ2v) is 55.9. The zero-order chi connectivity index (χ0) is 112. The first kappa shape index (κ1) is 122. The van der Waals surface area contributed by atoms with Crippen LogP contribution in [0, 0.1) is 103 Å². The van der Waals surface area contributed by atoms with E-state index in [1.165, 1.54) is 62.5 Å². The number of thiophene rings is 1. The van der Waals surface area contributed by atoms with Gasteiger partial charge >= 0.3 is 24.3 Å². The van der Waals surface area contributed by atoms with E-state index in [0.29, 0.717) is 24.4 Å². The number of nitrogens with zero attached hydrogens (tertiary/aromatic N) is 7. The zero-order valence-electron chi connectivity index (χ0n) is 90.2. The van der Waals surface area contributed by atoms with Crippen LogP contribution in [-0.2, 0) is 94.5 Å². The Balaban J connectivity index is 0.000000247. The minimum atomic E-state index is -4.67. The third kappa shape index (κ3) is 28.4. The summed E-state index contributed by atoms with van der Waals surface area (Å²) in [6.07, 6.45) is 4.47. The smallest absolute Gasteiger partial charge is 0.363 e. The van der Waals surface area contributed by atoms with Crippen molar-refractivity contribution < 1.29 is 110 Å². The van der Waals surface area contributed by atoms with Crippen molar-refractivity contribution in [2.45, 2.75) is 308 Å². The van der Waals surface area contributed by atoms with Crippen molar-refractivity contribution in [2.75, 3.05) is 85.6 Å². The number of primary amides is 1. The fraction of sp³-hybridized carbons (Fsp3) is 0.750. The number of fused-ring (bicyclic) bond motifs is 4. The summed E-state index contributed by atoms with van der Waals surface area (Å²) in [5.41, 5.74) is 0.370. The Hall–Kier alpha value is -9.77. The van der Waals surface area contributed by atoms with Gasteiger partial charge in [0.25, 0.3) is 38.1 Å². The van der Waals surface area contributed by atoms with E-state index in [9.17, 15) is 110 Å². The summed E-state index contributed by atoms with van der Waals surface area (Å²) in [5.74, 6) is -7.76. The molecule has 48 heteroatoms. The van der Waals surface area contributed by atoms with Crippen LogP contribution in [0.4, 0.5) is 27.6 Å². The first-order valence-electron chi connectivity index (χ1n) is 50.5. The third-order valence-corrected chi connectivity index (χ3v) is 37.6. The Morgan fingerprint density at radius 3 is 1.18 bits per heavy atom. The highest BCUT2D eigenvalue weighted by Gasteiger charge is 2.73. The SMILES string of the molecule is C#CCCC(NC(=O)[C@@H]1[C@@H]2[C@H](CN1C(=O)[C@@H](NC(=O)N[C@H](CN1CCNS1(=O)=O)C(C)(C)C)C(C)(C)C)C2(C)C)C(=O)C(=O)NCC=C.C=CCNC(=O)C(=O)C(CCC(F)(F)F)NC(=O)[C@@H]1[C@@H]2[C@H](CN1C(=O)[C@@H](NC(=O)N[C@H](CN1CCN(C)S1(=O)=O)C(C)(C)C)C(C)(C)C)C2(C)C.CC(C)(C)[C@H](NC(=O)N[C@H](CN1Cc2sccc2S1(=O)=O)C(C)(C)C)C(=O)N1C[C@H]2[C@@H]([C@H]1C(=O)NC(CC1CCC1)C(=O)C(N)=O)C2(C)C. The Morgan fingerprint density at radius 1 is 0.507 bits per heavy atom. The van der Waals surface area contributed by atoms with Gasteiger partial charge in [-0.1, -0.05) is 198 Å². The number of ketones is 3. The third-order valence-electron chi connectivity index (χ3n) is 31.2. The Kier molecular flexibility index (Phi) is 37.5. The van der Waals surface area contributed by atoms with Crippen molar-refractivity contribution in [3.05, 3.63) is 41.6 Å². The number of nitrogens with one attached hydrogen (secondary N) is 12. The number of Topliss-reactive ketones (excluding diaryl/α,β-unsaturated/α-hetero) is 3. The molecule has 10 aliphatic rings. The number of terminal acetylenes is 1. The molecule has 148 heavy (non-hydrogen) atoms. The molecule has 3 unspecified atom stereocenters. The molecular weight excluding hydrogens is 2000 g/mol. The van der Waals surface area contributed by atoms with Crippen LogP contribution in [0.5, 0.6) is 0 Å². The number of urea groups is 3. The number of alkyl halides is 3. The van der Waals surface area contributed by atoms with Crippen molar-refractivity contribution in [3.8, 4) is 12.3 Å². The standard InChI is InChI=1S/C34H52N6O7S2.C33H54F3N7O7S.C33H53N7O7S/c1-32(2,3)23(17-39-16-21-22(12-13-48-21)49(39,46)47)37-31(45)38-27(33(4,5)6)30(44)40-15-19-24(34(19,7)8)25(40)29(43)36-20(26(41)28(35)42)14-18-10-9-11-18;1-11-14-37-27(46)24(44)20(12-13-33(34,35)36)38-26(45)23-22-19(32(22,8)9)17-43(23)28(47)25(31(5,6)7)40-29(48)39-21(30(2,3)4)18-42-16-15-41(10)51(42,49)50;1-11-13-14-21(25(41)28(43)34-15-12-2)36-27(42)24-23-20(33(23,9)10)18-40(24)29(44)26(32(6,7)8)38-30(45)37-22(31(3,4)5)19-39-17-16-35-48(39,46)47/h12-13,18-20,23-25,27H,9-11,14-17H2,1-8H3,(H2,35,42)(H,36,43)(H2,37,38,45);11,19-23,25H,1,12-18H2,2-10H3,(H,37,46)(H,38,45)(H2,39,40,48);1,12,20-24,26,35H,2,13-19H2,3-10H3,(H,34,43)(H,36,42)(H2,37,38,45)/t19-,20?,23+,24-,25-,27+;19-,20?,21+,22-,23-,25+;20-,21?,22+,23-,24-,26+/m000/s1. The Labute approximate surface area is 873 Å². The van der Waals surface area contributed by atoms with E-state index in [2.05, 4.69) is 82.3 Å². The lowest BCUT2D eigenvalue weighted by Crippen LogP contribution is -2.62. The van der Waals surface area contributed by atoms with E-state index in [4.69, 9.17) is 12.2 Å². The van der Waals surface area contributed by atoms with Crippen LogP contribution in [0.3, 0.4) is 0 Å². The monoisotopic (exact) mass is 2160 g/mol. The number of rotatable bonds is 37. The molecule has 6 aliphatic heterocycles. The first-order valence-corrected chi connectivity index (χ1v) is 55.7. The van der Waals surface area contributed by atoms with Gasteiger partial charge in [0.05, 0.1) is 23.0 Å². The van der Waals surface area contributed by atoms with Crippen molar-refractivity contribution in [3.63, 3.8) is 0 Å². The van der Waals surface area contributed by atoms with Gasteiger partial charge in [0, 0.05) is 128 Å². The molecule has 1 aromatic rings. The number of likely N-dealkylation sites (tertiary alicyclic amines) is 3. The molecule has 0 spiro atoms. The molecule has 7 heterocycles. The van der Waals surface area contributed by atoms with E-state index in [0.717, 1.165) is 24.1 Å². The highest BCUT2D eigenvalue weighted by molar-refractivity contribution is 7.89. The number of amides is 15. The van der Waals surface area contributed by atoms with Gasteiger partial charge in [0.1, 0.15) is 36.3 Å².